The summed E-state index contributed by atoms with van der Waals surface area (Å²) < 4.78 is 0. The molecule has 0 aromatic heterocycles. The summed E-state index contributed by atoms with van der Waals surface area (Å²) >= 11 is 0. The Labute approximate surface area is 96.8 Å². The molecule has 8 heteroatoms. The first-order valence-corrected chi connectivity index (χ1v) is 4.81. The highest BCUT2D eigenvalue weighted by Crippen LogP contribution is 1.97. The molecule has 2 atom stereocenters. The zero-order valence-corrected chi connectivity index (χ0v) is 8.96. The summed E-state index contributed by atoms with van der Waals surface area (Å²) in [6.07, 6.45) is -0.387. The Morgan fingerprint density at radius 2 is 1.88 bits per heavy atom. The van der Waals surface area contributed by atoms with Gasteiger partial charge in [0.25, 0.3) is 0 Å². The summed E-state index contributed by atoms with van der Waals surface area (Å²) in [5.41, 5.74) is 5.11. The van der Waals surface area contributed by atoms with Gasteiger partial charge >= 0.3 is 11.9 Å². The maximum atomic E-state index is 11.2. The normalized spacial score (nSPS) is 13.5. The van der Waals surface area contributed by atoms with Gasteiger partial charge in [-0.05, 0) is 6.42 Å². The zero-order chi connectivity index (χ0) is 13.4. The minimum Gasteiger partial charge on any atom is -0.481 e. The highest BCUT2D eigenvalue weighted by atomic mass is 16.4. The van der Waals surface area contributed by atoms with Gasteiger partial charge in [0.1, 0.15) is 12.3 Å². The molecule has 1 amide bonds. The summed E-state index contributed by atoms with van der Waals surface area (Å²) in [6.45, 7) is 0. The lowest BCUT2D eigenvalue weighted by molar-refractivity contribution is -0.140. The molecule has 0 heterocycles. The third kappa shape index (κ3) is 7.01. The van der Waals surface area contributed by atoms with Crippen molar-refractivity contribution in [2.45, 2.75) is 31.3 Å². The van der Waals surface area contributed by atoms with Gasteiger partial charge in [-0.2, -0.15) is 0 Å². The van der Waals surface area contributed by atoms with E-state index in [1.54, 1.807) is 0 Å². The van der Waals surface area contributed by atoms with E-state index in [2.05, 4.69) is 5.32 Å². The molecule has 5 N–H and O–H groups in total. The average Bonchev–Trinajstić information content (AvgIpc) is 2.23. The van der Waals surface area contributed by atoms with Crippen molar-refractivity contribution in [2.75, 3.05) is 0 Å². The van der Waals surface area contributed by atoms with Crippen LogP contribution in [0.2, 0.25) is 0 Å². The molecule has 0 spiro atoms. The number of carbonyl (C=O) groups is 4. The van der Waals surface area contributed by atoms with E-state index in [9.17, 15) is 19.2 Å². The Kier molecular flexibility index (Phi) is 6.49. The molecule has 0 unspecified atom stereocenters. The molecule has 0 fully saturated rings. The van der Waals surface area contributed by atoms with Gasteiger partial charge in [-0.25, -0.2) is 0 Å². The van der Waals surface area contributed by atoms with Gasteiger partial charge in [0, 0.05) is 6.42 Å². The van der Waals surface area contributed by atoms with Gasteiger partial charge in [-0.1, -0.05) is 0 Å². The fourth-order valence-electron chi connectivity index (χ4n) is 1.01. The average molecular weight is 246 g/mol. The summed E-state index contributed by atoms with van der Waals surface area (Å²) in [6, 6.07) is -2.29. The SMILES string of the molecule is N[C@@H](CC(=O)N[C@@H](C=O)CCC(=O)O)C(=O)O. The summed E-state index contributed by atoms with van der Waals surface area (Å²) in [7, 11) is 0. The molecule has 0 saturated heterocycles. The van der Waals surface area contributed by atoms with Gasteiger partial charge in [0.05, 0.1) is 12.5 Å². The van der Waals surface area contributed by atoms with Gasteiger partial charge in [-0.3, -0.25) is 14.4 Å². The summed E-state index contributed by atoms with van der Waals surface area (Å²) in [5.74, 6) is -3.12. The largest absolute Gasteiger partial charge is 0.481 e. The fraction of sp³-hybridized carbons (Fsp3) is 0.556. The lowest BCUT2D eigenvalue weighted by atomic mass is 10.1. The van der Waals surface area contributed by atoms with Crippen LogP contribution in [0.15, 0.2) is 0 Å². The molecule has 0 radical (unpaired) electrons. The molecule has 17 heavy (non-hydrogen) atoms. The van der Waals surface area contributed by atoms with Crippen molar-refractivity contribution in [1.29, 1.82) is 0 Å². The number of aliphatic carboxylic acids is 2. The number of nitrogens with two attached hydrogens (primary N) is 1. The van der Waals surface area contributed by atoms with Gasteiger partial charge in [0.2, 0.25) is 5.91 Å². The molecule has 0 aliphatic rings. The second kappa shape index (κ2) is 7.34. The Balaban J connectivity index is 4.10. The predicted molar refractivity (Wildman–Crippen MR) is 55.1 cm³/mol. The number of nitrogens with one attached hydrogen (secondary N) is 1. The first kappa shape index (κ1) is 15.0. The van der Waals surface area contributed by atoms with Crippen LogP contribution in [-0.4, -0.2) is 46.4 Å². The molecular formula is C9H14N2O6. The van der Waals surface area contributed by atoms with Crippen LogP contribution in [0.25, 0.3) is 0 Å². The Bertz CT molecular complexity index is 317. The van der Waals surface area contributed by atoms with Crippen molar-refractivity contribution in [3.05, 3.63) is 0 Å². The van der Waals surface area contributed by atoms with Crippen molar-refractivity contribution < 1.29 is 29.4 Å². The molecular weight excluding hydrogens is 232 g/mol. The van der Waals surface area contributed by atoms with Crippen molar-refractivity contribution in [3.63, 3.8) is 0 Å². The van der Waals surface area contributed by atoms with E-state index >= 15 is 0 Å². The topological polar surface area (TPSA) is 147 Å². The number of carboxylic acid groups (broad SMARTS) is 2. The van der Waals surface area contributed by atoms with Crippen LogP contribution >= 0.6 is 0 Å². The first-order chi connectivity index (χ1) is 7.86. The second-order valence-electron chi connectivity index (χ2n) is 3.39. The fourth-order valence-corrected chi connectivity index (χ4v) is 1.01. The van der Waals surface area contributed by atoms with Crippen LogP contribution in [0.5, 0.6) is 0 Å². The third-order valence-electron chi connectivity index (χ3n) is 1.90. The van der Waals surface area contributed by atoms with Crippen LogP contribution in [0.1, 0.15) is 19.3 Å². The first-order valence-electron chi connectivity index (χ1n) is 4.81. The van der Waals surface area contributed by atoms with Gasteiger partial charge < -0.3 is 26.1 Å². The number of rotatable bonds is 8. The van der Waals surface area contributed by atoms with E-state index < -0.39 is 36.4 Å². The van der Waals surface area contributed by atoms with Gasteiger partial charge in [0.15, 0.2) is 0 Å². The van der Waals surface area contributed by atoms with E-state index in [0.29, 0.717) is 6.29 Å². The Hall–Kier alpha value is -1.96. The molecule has 0 aliphatic carbocycles. The van der Waals surface area contributed by atoms with Crippen LogP contribution < -0.4 is 11.1 Å². The molecule has 0 saturated carbocycles. The molecule has 0 aliphatic heterocycles. The molecule has 0 aromatic carbocycles. The number of aldehydes is 1. The molecule has 0 rings (SSSR count). The Morgan fingerprint density at radius 3 is 2.29 bits per heavy atom. The van der Waals surface area contributed by atoms with Crippen LogP contribution in [0, 0.1) is 0 Å². The quantitative estimate of drug-likeness (QED) is 0.374. The van der Waals surface area contributed by atoms with Gasteiger partial charge in [-0.15, -0.1) is 0 Å². The van der Waals surface area contributed by atoms with Crippen molar-refractivity contribution in [3.8, 4) is 0 Å². The van der Waals surface area contributed by atoms with E-state index in [-0.39, 0.29) is 12.8 Å². The maximum Gasteiger partial charge on any atom is 0.321 e. The van der Waals surface area contributed by atoms with Crippen LogP contribution in [-0.2, 0) is 19.2 Å². The highest BCUT2D eigenvalue weighted by Gasteiger charge is 2.19. The number of hydrogen-bond donors (Lipinski definition) is 4. The highest BCUT2D eigenvalue weighted by molar-refractivity contribution is 5.85. The number of carbonyl (C=O) groups excluding carboxylic acids is 2. The van der Waals surface area contributed by atoms with Crippen LogP contribution in [0.3, 0.4) is 0 Å². The molecule has 0 bridgehead atoms. The number of amides is 1. The zero-order valence-electron chi connectivity index (χ0n) is 8.96. The number of hydrogen-bond acceptors (Lipinski definition) is 5. The molecule has 96 valence electrons. The predicted octanol–water partition coefficient (Wildman–Crippen LogP) is -1.66. The lowest BCUT2D eigenvalue weighted by Gasteiger charge is -2.12. The minimum atomic E-state index is -1.35. The molecule has 8 nitrogen and oxygen atoms in total. The van der Waals surface area contributed by atoms with E-state index in [1.165, 1.54) is 0 Å². The van der Waals surface area contributed by atoms with Crippen molar-refractivity contribution in [1.82, 2.24) is 5.32 Å². The second-order valence-corrected chi connectivity index (χ2v) is 3.39. The third-order valence-corrected chi connectivity index (χ3v) is 1.90. The van der Waals surface area contributed by atoms with E-state index in [0.717, 1.165) is 0 Å². The minimum absolute atomic E-state index is 0.0487. The Morgan fingerprint density at radius 1 is 1.29 bits per heavy atom. The number of carboxylic acids is 2. The van der Waals surface area contributed by atoms with E-state index in [4.69, 9.17) is 15.9 Å². The van der Waals surface area contributed by atoms with Crippen molar-refractivity contribution >= 4 is 24.1 Å². The lowest BCUT2D eigenvalue weighted by Crippen LogP contribution is -2.41. The monoisotopic (exact) mass is 246 g/mol. The van der Waals surface area contributed by atoms with Crippen LogP contribution in [0.4, 0.5) is 0 Å². The smallest absolute Gasteiger partial charge is 0.321 e. The molecule has 0 aromatic rings. The van der Waals surface area contributed by atoms with E-state index in [1.807, 2.05) is 0 Å². The van der Waals surface area contributed by atoms with Crippen molar-refractivity contribution in [2.24, 2.45) is 5.73 Å². The summed E-state index contributed by atoms with van der Waals surface area (Å²) in [5, 5.41) is 19.0. The maximum absolute atomic E-state index is 11.2. The standard InChI is InChI=1S/C9H14N2O6/c10-6(9(16)17)3-7(13)11-5(4-12)1-2-8(14)15/h4-6H,1-3,10H2,(H,11,13)(H,14,15)(H,16,17)/t5-,6+/m1/s1. The summed E-state index contributed by atoms with van der Waals surface area (Å²) in [4.78, 5) is 42.3.